The topological polar surface area (TPSA) is 66.8 Å². The number of hydrogen-bond acceptors (Lipinski definition) is 3. The summed E-state index contributed by atoms with van der Waals surface area (Å²) in [4.78, 5) is 23.8. The number of halogens is 3. The van der Waals surface area contributed by atoms with Gasteiger partial charge in [0.1, 0.15) is 5.75 Å². The van der Waals surface area contributed by atoms with E-state index >= 15 is 0 Å². The molecule has 0 bridgehead atoms. The molecule has 1 N–H and O–H groups in total. The van der Waals surface area contributed by atoms with Gasteiger partial charge < -0.3 is 14.7 Å². The molecule has 0 saturated carbocycles. The van der Waals surface area contributed by atoms with Crippen molar-refractivity contribution in [2.75, 3.05) is 13.1 Å². The third kappa shape index (κ3) is 5.33. The van der Waals surface area contributed by atoms with Gasteiger partial charge in [0.05, 0.1) is 12.0 Å². The van der Waals surface area contributed by atoms with Crippen LogP contribution in [0.1, 0.15) is 23.7 Å². The largest absolute Gasteiger partial charge is 0.573 e. The van der Waals surface area contributed by atoms with E-state index in [9.17, 15) is 22.8 Å². The van der Waals surface area contributed by atoms with Gasteiger partial charge in [0.2, 0.25) is 0 Å². The standard InChI is InChI=1S/C13H14F3NO4/c1-2-17(8-7-11(18)19)12(20)9-5-3-4-6-10(9)21-13(14,15)16/h3-6H,2,7-8H2,1H3,(H,18,19). The summed E-state index contributed by atoms with van der Waals surface area (Å²) in [7, 11) is 0. The first-order valence-electron chi connectivity index (χ1n) is 6.10. The van der Waals surface area contributed by atoms with E-state index in [0.29, 0.717) is 0 Å². The van der Waals surface area contributed by atoms with Crippen molar-refractivity contribution in [1.29, 1.82) is 0 Å². The van der Waals surface area contributed by atoms with Gasteiger partial charge in [-0.05, 0) is 19.1 Å². The first kappa shape index (κ1) is 16.8. The van der Waals surface area contributed by atoms with Crippen molar-refractivity contribution in [3.63, 3.8) is 0 Å². The van der Waals surface area contributed by atoms with Gasteiger partial charge in [0.15, 0.2) is 0 Å². The minimum atomic E-state index is -4.91. The molecular weight excluding hydrogens is 291 g/mol. The van der Waals surface area contributed by atoms with E-state index in [1.54, 1.807) is 6.92 Å². The van der Waals surface area contributed by atoms with Gasteiger partial charge in [-0.3, -0.25) is 9.59 Å². The van der Waals surface area contributed by atoms with Crippen LogP contribution in [0, 0.1) is 0 Å². The van der Waals surface area contributed by atoms with Crippen LogP contribution in [0.15, 0.2) is 24.3 Å². The van der Waals surface area contributed by atoms with Crippen LogP contribution in [0.4, 0.5) is 13.2 Å². The Morgan fingerprint density at radius 1 is 1.29 bits per heavy atom. The van der Waals surface area contributed by atoms with Crippen molar-refractivity contribution >= 4 is 11.9 Å². The van der Waals surface area contributed by atoms with E-state index in [0.717, 1.165) is 11.0 Å². The van der Waals surface area contributed by atoms with E-state index in [1.807, 2.05) is 0 Å². The van der Waals surface area contributed by atoms with Crippen molar-refractivity contribution in [3.05, 3.63) is 29.8 Å². The number of carboxylic acid groups (broad SMARTS) is 1. The second kappa shape index (κ2) is 6.96. The second-order valence-corrected chi connectivity index (χ2v) is 4.07. The summed E-state index contributed by atoms with van der Waals surface area (Å²) < 4.78 is 40.7. The molecule has 0 heterocycles. The Labute approximate surface area is 118 Å². The molecule has 0 unspecified atom stereocenters. The zero-order valence-corrected chi connectivity index (χ0v) is 11.2. The van der Waals surface area contributed by atoms with Gasteiger partial charge in [0.25, 0.3) is 5.91 Å². The summed E-state index contributed by atoms with van der Waals surface area (Å²) in [5.74, 6) is -2.41. The number of benzene rings is 1. The van der Waals surface area contributed by atoms with Gasteiger partial charge in [-0.1, -0.05) is 12.1 Å². The van der Waals surface area contributed by atoms with Crippen molar-refractivity contribution in [2.45, 2.75) is 19.7 Å². The molecule has 0 radical (unpaired) electrons. The van der Waals surface area contributed by atoms with Crippen molar-refractivity contribution in [2.24, 2.45) is 0 Å². The molecule has 1 rings (SSSR count). The summed E-state index contributed by atoms with van der Waals surface area (Å²) in [5, 5.41) is 8.61. The third-order valence-electron chi connectivity index (χ3n) is 2.61. The van der Waals surface area contributed by atoms with Gasteiger partial charge in [0, 0.05) is 13.1 Å². The monoisotopic (exact) mass is 305 g/mol. The van der Waals surface area contributed by atoms with Crippen molar-refractivity contribution in [3.8, 4) is 5.75 Å². The number of rotatable bonds is 6. The molecule has 0 saturated heterocycles. The van der Waals surface area contributed by atoms with Crippen LogP contribution in [0.5, 0.6) is 5.75 Å². The maximum Gasteiger partial charge on any atom is 0.573 e. The lowest BCUT2D eigenvalue weighted by Gasteiger charge is -2.21. The van der Waals surface area contributed by atoms with Gasteiger partial charge >= 0.3 is 12.3 Å². The summed E-state index contributed by atoms with van der Waals surface area (Å²) >= 11 is 0. The van der Waals surface area contributed by atoms with Crippen molar-refractivity contribution in [1.82, 2.24) is 4.90 Å². The lowest BCUT2D eigenvalue weighted by molar-refractivity contribution is -0.274. The van der Waals surface area contributed by atoms with Gasteiger partial charge in [-0.15, -0.1) is 13.2 Å². The quantitative estimate of drug-likeness (QED) is 0.877. The maximum atomic E-state index is 12.3. The molecule has 0 aliphatic carbocycles. The van der Waals surface area contributed by atoms with E-state index in [-0.39, 0.29) is 25.1 Å². The summed E-state index contributed by atoms with van der Waals surface area (Å²) in [6, 6.07) is 4.95. The average Bonchev–Trinajstić information content (AvgIpc) is 2.37. The smallest absolute Gasteiger partial charge is 0.481 e. The number of alkyl halides is 3. The van der Waals surface area contributed by atoms with E-state index < -0.39 is 24.0 Å². The third-order valence-corrected chi connectivity index (χ3v) is 2.61. The lowest BCUT2D eigenvalue weighted by atomic mass is 10.1. The molecule has 8 heteroatoms. The van der Waals surface area contributed by atoms with Crippen LogP contribution in [-0.4, -0.2) is 41.3 Å². The number of aliphatic carboxylic acids is 1. The lowest BCUT2D eigenvalue weighted by Crippen LogP contribution is -2.33. The fraction of sp³-hybridized carbons (Fsp3) is 0.385. The average molecular weight is 305 g/mol. The fourth-order valence-electron chi connectivity index (χ4n) is 1.66. The predicted molar refractivity (Wildman–Crippen MR) is 67.0 cm³/mol. The fourth-order valence-corrected chi connectivity index (χ4v) is 1.66. The Bertz CT molecular complexity index is 516. The molecule has 5 nitrogen and oxygen atoms in total. The highest BCUT2D eigenvalue weighted by atomic mass is 19.4. The van der Waals surface area contributed by atoms with E-state index in [1.165, 1.54) is 18.2 Å². The molecule has 0 aliphatic heterocycles. The maximum absolute atomic E-state index is 12.3. The first-order valence-corrected chi connectivity index (χ1v) is 6.10. The number of hydrogen-bond donors (Lipinski definition) is 1. The second-order valence-electron chi connectivity index (χ2n) is 4.07. The molecule has 0 aromatic heterocycles. The summed E-state index contributed by atoms with van der Waals surface area (Å²) in [6.45, 7) is 1.68. The zero-order chi connectivity index (χ0) is 16.0. The number of carbonyl (C=O) groups excluding carboxylic acids is 1. The molecule has 0 atom stereocenters. The summed E-state index contributed by atoms with van der Waals surface area (Å²) in [5.41, 5.74) is -0.262. The Kier molecular flexibility index (Phi) is 5.57. The molecule has 1 amide bonds. The normalized spacial score (nSPS) is 11.0. The molecule has 21 heavy (non-hydrogen) atoms. The number of carbonyl (C=O) groups is 2. The minimum absolute atomic E-state index is 0.0922. The Hall–Kier alpha value is -2.25. The number of ether oxygens (including phenoxy) is 1. The minimum Gasteiger partial charge on any atom is -0.481 e. The van der Waals surface area contributed by atoms with Crippen LogP contribution in [0.25, 0.3) is 0 Å². The number of carboxylic acids is 1. The highest BCUT2D eigenvalue weighted by Gasteiger charge is 2.33. The molecule has 1 aromatic carbocycles. The molecule has 1 aromatic rings. The van der Waals surface area contributed by atoms with Crippen LogP contribution in [-0.2, 0) is 4.79 Å². The highest BCUT2D eigenvalue weighted by Crippen LogP contribution is 2.27. The van der Waals surface area contributed by atoms with E-state index in [2.05, 4.69) is 4.74 Å². The predicted octanol–water partition coefficient (Wildman–Crippen LogP) is 2.52. The Morgan fingerprint density at radius 3 is 2.43 bits per heavy atom. The zero-order valence-electron chi connectivity index (χ0n) is 11.2. The van der Waals surface area contributed by atoms with E-state index in [4.69, 9.17) is 5.11 Å². The van der Waals surface area contributed by atoms with Crippen LogP contribution < -0.4 is 4.74 Å². The summed E-state index contributed by atoms with van der Waals surface area (Å²) in [6.07, 6.45) is -5.20. The molecular formula is C13H14F3NO4. The molecule has 0 fully saturated rings. The van der Waals surface area contributed by atoms with Gasteiger partial charge in [-0.25, -0.2) is 0 Å². The SMILES string of the molecule is CCN(CCC(=O)O)C(=O)c1ccccc1OC(F)(F)F. The molecule has 116 valence electrons. The number of amides is 1. The molecule has 0 spiro atoms. The van der Waals surface area contributed by atoms with Crippen LogP contribution in [0.2, 0.25) is 0 Å². The molecule has 0 aliphatic rings. The highest BCUT2D eigenvalue weighted by molar-refractivity contribution is 5.97. The first-order chi connectivity index (χ1) is 9.74. The Morgan fingerprint density at radius 2 is 1.90 bits per heavy atom. The van der Waals surface area contributed by atoms with Crippen LogP contribution in [0.3, 0.4) is 0 Å². The van der Waals surface area contributed by atoms with Crippen LogP contribution >= 0.6 is 0 Å². The van der Waals surface area contributed by atoms with Gasteiger partial charge in [-0.2, -0.15) is 0 Å². The van der Waals surface area contributed by atoms with Crippen molar-refractivity contribution < 1.29 is 32.6 Å². The number of para-hydroxylation sites is 1. The number of nitrogens with zero attached hydrogens (tertiary/aromatic N) is 1. The Balaban J connectivity index is 2.97.